The number of nitrogens with zero attached hydrogens (tertiary/aromatic N) is 1. The molecule has 3 N–H and O–H groups in total. The number of hydrogen-bond donors (Lipinski definition) is 2. The molecule has 1 rings (SSSR count). The predicted molar refractivity (Wildman–Crippen MR) is 78.8 cm³/mol. The number of sulfonamides is 1. The first kappa shape index (κ1) is 17.4. The lowest BCUT2D eigenvalue weighted by Gasteiger charge is -2.20. The molecule has 0 fully saturated rings. The molecule has 118 valence electrons. The number of rotatable bonds is 5. The van der Waals surface area contributed by atoms with E-state index in [2.05, 4.69) is 5.32 Å². The molecular formula is C13H20FN3O3S. The first-order chi connectivity index (χ1) is 9.62. The second-order valence-electron chi connectivity index (χ2n) is 4.76. The van der Waals surface area contributed by atoms with E-state index in [4.69, 9.17) is 5.73 Å². The topological polar surface area (TPSA) is 92.5 Å². The highest BCUT2D eigenvalue weighted by Crippen LogP contribution is 2.29. The van der Waals surface area contributed by atoms with E-state index in [0.29, 0.717) is 6.54 Å². The lowest BCUT2D eigenvalue weighted by molar-refractivity contribution is -0.121. The fourth-order valence-corrected chi connectivity index (χ4v) is 3.59. The average Bonchev–Trinajstić information content (AvgIpc) is 2.35. The van der Waals surface area contributed by atoms with Crippen LogP contribution in [0.4, 0.5) is 10.1 Å². The number of anilines is 1. The van der Waals surface area contributed by atoms with E-state index in [9.17, 15) is 17.6 Å². The first-order valence-electron chi connectivity index (χ1n) is 6.41. The SMILES string of the molecule is CCNC(=O)CN(C)S(=O)(=O)c1c(C)cc(F)c(N)c1C. The second kappa shape index (κ2) is 6.40. The van der Waals surface area contributed by atoms with Gasteiger partial charge in [-0.15, -0.1) is 0 Å². The molecule has 0 unspecified atom stereocenters. The Bertz CT molecular complexity index is 659. The van der Waals surface area contributed by atoms with Gasteiger partial charge in [0.1, 0.15) is 5.82 Å². The lowest BCUT2D eigenvalue weighted by atomic mass is 10.1. The van der Waals surface area contributed by atoms with Crippen molar-refractivity contribution in [3.63, 3.8) is 0 Å². The molecule has 0 radical (unpaired) electrons. The minimum absolute atomic E-state index is 0.0619. The van der Waals surface area contributed by atoms with Crippen molar-refractivity contribution in [3.05, 3.63) is 23.0 Å². The van der Waals surface area contributed by atoms with Crippen LogP contribution >= 0.6 is 0 Å². The summed E-state index contributed by atoms with van der Waals surface area (Å²) >= 11 is 0. The Morgan fingerprint density at radius 2 is 2.00 bits per heavy atom. The van der Waals surface area contributed by atoms with Gasteiger partial charge in [-0.2, -0.15) is 4.31 Å². The Morgan fingerprint density at radius 3 is 2.52 bits per heavy atom. The third-order valence-corrected chi connectivity index (χ3v) is 5.21. The number of benzene rings is 1. The van der Waals surface area contributed by atoms with Gasteiger partial charge in [0.05, 0.1) is 17.1 Å². The van der Waals surface area contributed by atoms with Gasteiger partial charge < -0.3 is 11.1 Å². The number of aryl methyl sites for hydroxylation is 1. The predicted octanol–water partition coefficient (Wildman–Crippen LogP) is 0.781. The van der Waals surface area contributed by atoms with Gasteiger partial charge in [-0.25, -0.2) is 12.8 Å². The summed E-state index contributed by atoms with van der Waals surface area (Å²) in [5.74, 6) is -1.07. The van der Waals surface area contributed by atoms with Crippen molar-refractivity contribution in [2.45, 2.75) is 25.7 Å². The minimum atomic E-state index is -3.93. The molecule has 1 aromatic carbocycles. The van der Waals surface area contributed by atoms with Gasteiger partial charge >= 0.3 is 0 Å². The van der Waals surface area contributed by atoms with Gasteiger partial charge in [0.15, 0.2) is 0 Å². The Kier molecular flexibility index (Phi) is 5.30. The number of halogens is 1. The summed E-state index contributed by atoms with van der Waals surface area (Å²) in [5, 5.41) is 2.52. The molecule has 21 heavy (non-hydrogen) atoms. The molecule has 6 nitrogen and oxygen atoms in total. The maximum absolute atomic E-state index is 13.5. The number of hydrogen-bond acceptors (Lipinski definition) is 4. The van der Waals surface area contributed by atoms with E-state index < -0.39 is 21.7 Å². The Hall–Kier alpha value is -1.67. The second-order valence-corrected chi connectivity index (χ2v) is 6.74. The van der Waals surface area contributed by atoms with E-state index in [1.807, 2.05) is 0 Å². The van der Waals surface area contributed by atoms with Crippen molar-refractivity contribution in [1.29, 1.82) is 0 Å². The molecule has 0 heterocycles. The highest BCUT2D eigenvalue weighted by atomic mass is 32.2. The number of nitrogens with one attached hydrogen (secondary N) is 1. The van der Waals surface area contributed by atoms with Gasteiger partial charge in [-0.1, -0.05) is 0 Å². The Morgan fingerprint density at radius 1 is 1.43 bits per heavy atom. The van der Waals surface area contributed by atoms with E-state index in [1.54, 1.807) is 6.92 Å². The number of carbonyl (C=O) groups is 1. The summed E-state index contributed by atoms with van der Waals surface area (Å²) in [4.78, 5) is 11.5. The highest BCUT2D eigenvalue weighted by molar-refractivity contribution is 7.89. The average molecular weight is 317 g/mol. The van der Waals surface area contributed by atoms with Crippen molar-refractivity contribution >= 4 is 21.6 Å². The van der Waals surface area contributed by atoms with Gasteiger partial charge in [0, 0.05) is 13.6 Å². The van der Waals surface area contributed by atoms with Crippen LogP contribution in [-0.2, 0) is 14.8 Å². The molecule has 0 spiro atoms. The van der Waals surface area contributed by atoms with Crippen LogP contribution in [-0.4, -0.2) is 38.8 Å². The molecule has 0 aliphatic heterocycles. The maximum Gasteiger partial charge on any atom is 0.243 e. The summed E-state index contributed by atoms with van der Waals surface area (Å²) in [6.07, 6.45) is 0. The fraction of sp³-hybridized carbons (Fsp3) is 0.462. The molecule has 8 heteroatoms. The third kappa shape index (κ3) is 3.51. The van der Waals surface area contributed by atoms with Crippen LogP contribution in [0.25, 0.3) is 0 Å². The van der Waals surface area contributed by atoms with Gasteiger partial charge in [0.2, 0.25) is 15.9 Å². The maximum atomic E-state index is 13.5. The van der Waals surface area contributed by atoms with E-state index in [0.717, 1.165) is 10.4 Å². The van der Waals surface area contributed by atoms with Crippen LogP contribution in [0.5, 0.6) is 0 Å². The zero-order valence-corrected chi connectivity index (χ0v) is 13.3. The molecule has 0 bridgehead atoms. The Balaban J connectivity index is 3.26. The van der Waals surface area contributed by atoms with E-state index >= 15 is 0 Å². The standard InChI is InChI=1S/C13H20FN3O3S/c1-5-16-11(18)7-17(4)21(19,20)13-8(2)6-10(14)12(15)9(13)3/h6H,5,7,15H2,1-4H3,(H,16,18). The molecule has 0 aliphatic carbocycles. The number of amides is 1. The van der Waals surface area contributed by atoms with Crippen molar-refractivity contribution in [2.24, 2.45) is 0 Å². The molecule has 0 atom stereocenters. The van der Waals surface area contributed by atoms with Crippen LogP contribution < -0.4 is 11.1 Å². The third-order valence-electron chi connectivity index (χ3n) is 3.11. The number of nitrogens with two attached hydrogens (primary N) is 1. The number of carbonyl (C=O) groups excluding carboxylic acids is 1. The van der Waals surface area contributed by atoms with E-state index in [1.165, 1.54) is 20.9 Å². The van der Waals surface area contributed by atoms with E-state index in [-0.39, 0.29) is 28.3 Å². The molecule has 0 aromatic heterocycles. The molecular weight excluding hydrogens is 297 g/mol. The smallest absolute Gasteiger partial charge is 0.243 e. The van der Waals surface area contributed by atoms with Crippen molar-refractivity contribution in [1.82, 2.24) is 9.62 Å². The molecule has 0 aliphatic rings. The normalized spacial score (nSPS) is 11.7. The van der Waals surface area contributed by atoms with Crippen LogP contribution in [0.15, 0.2) is 11.0 Å². The van der Waals surface area contributed by atoms with Crippen molar-refractivity contribution < 1.29 is 17.6 Å². The zero-order chi connectivity index (χ0) is 16.4. The number of likely N-dealkylation sites (N-methyl/N-ethyl adjacent to an activating group) is 2. The molecule has 1 amide bonds. The monoisotopic (exact) mass is 317 g/mol. The van der Waals surface area contributed by atoms with Gasteiger partial charge in [-0.3, -0.25) is 4.79 Å². The quantitative estimate of drug-likeness (QED) is 0.785. The largest absolute Gasteiger partial charge is 0.396 e. The highest BCUT2D eigenvalue weighted by Gasteiger charge is 2.28. The summed E-state index contributed by atoms with van der Waals surface area (Å²) in [6.45, 7) is 4.77. The minimum Gasteiger partial charge on any atom is -0.396 e. The van der Waals surface area contributed by atoms with Gasteiger partial charge in [-0.05, 0) is 38.0 Å². The summed E-state index contributed by atoms with van der Waals surface area (Å²) < 4.78 is 39.5. The van der Waals surface area contributed by atoms with Crippen LogP contribution in [0.2, 0.25) is 0 Å². The Labute approximate surface area is 124 Å². The number of nitrogen functional groups attached to an aromatic ring is 1. The molecule has 0 saturated carbocycles. The molecule has 1 aromatic rings. The van der Waals surface area contributed by atoms with Crippen LogP contribution in [0, 0.1) is 19.7 Å². The summed E-state index contributed by atoms with van der Waals surface area (Å²) in [5.41, 5.74) is 5.76. The first-order valence-corrected chi connectivity index (χ1v) is 7.85. The summed E-state index contributed by atoms with van der Waals surface area (Å²) in [6, 6.07) is 1.08. The fourth-order valence-electron chi connectivity index (χ4n) is 2.02. The van der Waals surface area contributed by atoms with Crippen LogP contribution in [0.3, 0.4) is 0 Å². The molecule has 0 saturated heterocycles. The zero-order valence-electron chi connectivity index (χ0n) is 12.5. The summed E-state index contributed by atoms with van der Waals surface area (Å²) in [7, 11) is -2.63. The van der Waals surface area contributed by atoms with Crippen molar-refractivity contribution in [3.8, 4) is 0 Å². The van der Waals surface area contributed by atoms with Crippen LogP contribution in [0.1, 0.15) is 18.1 Å². The van der Waals surface area contributed by atoms with Crippen molar-refractivity contribution in [2.75, 3.05) is 25.9 Å². The van der Waals surface area contributed by atoms with Gasteiger partial charge in [0.25, 0.3) is 0 Å². The lowest BCUT2D eigenvalue weighted by Crippen LogP contribution is -2.38.